The largest absolute Gasteiger partial charge is 0.422 e. The summed E-state index contributed by atoms with van der Waals surface area (Å²) in [6, 6.07) is 8.80. The summed E-state index contributed by atoms with van der Waals surface area (Å²) in [5, 5.41) is 0.736. The van der Waals surface area contributed by atoms with E-state index in [4.69, 9.17) is 9.15 Å². The second-order valence-corrected chi connectivity index (χ2v) is 7.78. The number of amides is 2. The van der Waals surface area contributed by atoms with E-state index >= 15 is 0 Å². The van der Waals surface area contributed by atoms with E-state index in [1.165, 1.54) is 0 Å². The number of hydrogen-bond donors (Lipinski definition) is 0. The minimum Gasteiger partial charge on any atom is -0.422 e. The molecule has 2 aliphatic rings. The lowest BCUT2D eigenvalue weighted by molar-refractivity contribution is -0.135. The Balaban J connectivity index is 1.39. The van der Waals surface area contributed by atoms with Crippen molar-refractivity contribution >= 4 is 22.8 Å². The number of hydrogen-bond acceptors (Lipinski definition) is 5. The molecule has 1 atom stereocenters. The van der Waals surface area contributed by atoms with E-state index in [2.05, 4.69) is 0 Å². The molecule has 1 aromatic heterocycles. The molecule has 0 N–H and O–H groups in total. The van der Waals surface area contributed by atoms with Crippen LogP contribution in [0.5, 0.6) is 0 Å². The van der Waals surface area contributed by atoms with Gasteiger partial charge in [-0.3, -0.25) is 9.59 Å². The lowest BCUT2D eigenvalue weighted by Gasteiger charge is -2.33. The number of fused-ring (bicyclic) bond motifs is 1. The van der Waals surface area contributed by atoms with Crippen LogP contribution < -0.4 is 5.63 Å². The number of likely N-dealkylation sites (tertiary alicyclic amines) is 1. The molecule has 2 amide bonds. The van der Waals surface area contributed by atoms with Crippen LogP contribution >= 0.6 is 0 Å². The summed E-state index contributed by atoms with van der Waals surface area (Å²) in [5.74, 6) is 0.144. The van der Waals surface area contributed by atoms with Gasteiger partial charge in [0, 0.05) is 38.0 Å². The first-order valence-electron chi connectivity index (χ1n) is 10.3. The second kappa shape index (κ2) is 8.78. The average molecular weight is 398 g/mol. The Hall–Kier alpha value is -2.67. The van der Waals surface area contributed by atoms with Gasteiger partial charge in [0.25, 0.3) is 5.91 Å². The highest BCUT2D eigenvalue weighted by atomic mass is 16.5. The van der Waals surface area contributed by atoms with Gasteiger partial charge in [-0.15, -0.1) is 0 Å². The SMILES string of the molecule is O=C(CCC1CCCN(C(=O)c2cc3ccccc3oc2=O)C1)N1CCOCC1. The molecule has 3 heterocycles. The maximum atomic E-state index is 13.0. The van der Waals surface area contributed by atoms with Gasteiger partial charge in [0.2, 0.25) is 5.91 Å². The third-order valence-electron chi connectivity index (χ3n) is 5.81. The van der Waals surface area contributed by atoms with E-state index in [1.54, 1.807) is 23.1 Å². The monoisotopic (exact) mass is 398 g/mol. The number of para-hydroxylation sites is 1. The summed E-state index contributed by atoms with van der Waals surface area (Å²) < 4.78 is 10.6. The summed E-state index contributed by atoms with van der Waals surface area (Å²) in [5.41, 5.74) is -0.0424. The van der Waals surface area contributed by atoms with Crippen LogP contribution in [0.25, 0.3) is 11.0 Å². The van der Waals surface area contributed by atoms with Crippen LogP contribution in [0.15, 0.2) is 39.5 Å². The molecule has 0 spiro atoms. The van der Waals surface area contributed by atoms with E-state index in [0.717, 1.165) is 24.6 Å². The zero-order chi connectivity index (χ0) is 20.2. The predicted molar refractivity (Wildman–Crippen MR) is 108 cm³/mol. The quantitative estimate of drug-likeness (QED) is 0.739. The van der Waals surface area contributed by atoms with Crippen LogP contribution in [0.3, 0.4) is 0 Å². The summed E-state index contributed by atoms with van der Waals surface area (Å²) in [6.07, 6.45) is 3.12. The standard InChI is InChI=1S/C22H26N2O5/c25-20(23-10-12-28-13-11-23)8-7-16-4-3-9-24(15-16)21(26)18-14-17-5-1-2-6-19(17)29-22(18)27/h1-2,5-6,14,16H,3-4,7-13,15H2. The fourth-order valence-electron chi connectivity index (χ4n) is 4.17. The zero-order valence-corrected chi connectivity index (χ0v) is 16.5. The van der Waals surface area contributed by atoms with Gasteiger partial charge in [-0.2, -0.15) is 0 Å². The van der Waals surface area contributed by atoms with Crippen molar-refractivity contribution in [2.75, 3.05) is 39.4 Å². The zero-order valence-electron chi connectivity index (χ0n) is 16.5. The summed E-state index contributed by atoms with van der Waals surface area (Å²) >= 11 is 0. The van der Waals surface area contributed by atoms with Gasteiger partial charge < -0.3 is 19.0 Å². The predicted octanol–water partition coefficient (Wildman–Crippen LogP) is 2.28. The number of carbonyl (C=O) groups excluding carboxylic acids is 2. The van der Waals surface area contributed by atoms with Gasteiger partial charge in [-0.25, -0.2) is 4.79 Å². The van der Waals surface area contributed by atoms with Crippen LogP contribution in [0, 0.1) is 5.92 Å². The summed E-state index contributed by atoms with van der Waals surface area (Å²) in [6.45, 7) is 3.72. The first kappa shape index (κ1) is 19.6. The molecule has 7 heteroatoms. The van der Waals surface area contributed by atoms with Gasteiger partial charge in [0.1, 0.15) is 11.1 Å². The van der Waals surface area contributed by atoms with Crippen molar-refractivity contribution in [2.24, 2.45) is 5.92 Å². The molecule has 7 nitrogen and oxygen atoms in total. The number of nitrogens with zero attached hydrogens (tertiary/aromatic N) is 2. The number of rotatable bonds is 4. The Morgan fingerprint density at radius 2 is 1.86 bits per heavy atom. The Labute approximate surface area is 169 Å². The first-order chi connectivity index (χ1) is 14.1. The van der Waals surface area contributed by atoms with E-state index in [-0.39, 0.29) is 23.3 Å². The molecular weight excluding hydrogens is 372 g/mol. The van der Waals surface area contributed by atoms with E-state index in [9.17, 15) is 14.4 Å². The Morgan fingerprint density at radius 1 is 1.07 bits per heavy atom. The lowest BCUT2D eigenvalue weighted by atomic mass is 9.92. The Kier molecular flexibility index (Phi) is 5.94. The number of carbonyl (C=O) groups is 2. The van der Waals surface area contributed by atoms with Crippen molar-refractivity contribution in [2.45, 2.75) is 25.7 Å². The highest BCUT2D eigenvalue weighted by Gasteiger charge is 2.27. The summed E-state index contributed by atoms with van der Waals surface area (Å²) in [7, 11) is 0. The van der Waals surface area contributed by atoms with Gasteiger partial charge in [-0.1, -0.05) is 18.2 Å². The van der Waals surface area contributed by atoms with Gasteiger partial charge in [0.15, 0.2) is 0 Å². The van der Waals surface area contributed by atoms with Gasteiger partial charge in [-0.05, 0) is 37.3 Å². The third-order valence-corrected chi connectivity index (χ3v) is 5.81. The molecular formula is C22H26N2O5. The fourth-order valence-corrected chi connectivity index (χ4v) is 4.17. The van der Waals surface area contributed by atoms with Crippen LogP contribution in [0.4, 0.5) is 0 Å². The minimum absolute atomic E-state index is 0.0775. The molecule has 0 aliphatic carbocycles. The van der Waals surface area contributed by atoms with Gasteiger partial charge >= 0.3 is 5.63 Å². The highest BCUT2D eigenvalue weighted by molar-refractivity contribution is 5.96. The van der Waals surface area contributed by atoms with Crippen LogP contribution in [-0.4, -0.2) is 61.0 Å². The van der Waals surface area contributed by atoms with Crippen LogP contribution in [0.1, 0.15) is 36.0 Å². The molecule has 0 saturated carbocycles. The van der Waals surface area contributed by atoms with Crippen molar-refractivity contribution in [3.63, 3.8) is 0 Å². The first-order valence-corrected chi connectivity index (χ1v) is 10.3. The average Bonchev–Trinajstić information content (AvgIpc) is 2.77. The molecule has 154 valence electrons. The van der Waals surface area contributed by atoms with Gasteiger partial charge in [0.05, 0.1) is 13.2 Å². The van der Waals surface area contributed by atoms with E-state index in [1.807, 2.05) is 17.0 Å². The van der Waals surface area contributed by atoms with E-state index < -0.39 is 5.63 Å². The van der Waals surface area contributed by atoms with Crippen LogP contribution in [-0.2, 0) is 9.53 Å². The van der Waals surface area contributed by atoms with E-state index in [0.29, 0.717) is 51.4 Å². The highest BCUT2D eigenvalue weighted by Crippen LogP contribution is 2.23. The Bertz CT molecular complexity index is 948. The molecule has 29 heavy (non-hydrogen) atoms. The number of ether oxygens (including phenoxy) is 1. The van der Waals surface area contributed by atoms with Crippen molar-refractivity contribution in [1.29, 1.82) is 0 Å². The minimum atomic E-state index is -0.599. The van der Waals surface area contributed by atoms with Crippen molar-refractivity contribution in [1.82, 2.24) is 9.80 Å². The molecule has 4 rings (SSSR count). The van der Waals surface area contributed by atoms with Crippen molar-refractivity contribution in [3.8, 4) is 0 Å². The van der Waals surface area contributed by atoms with Crippen molar-refractivity contribution in [3.05, 3.63) is 46.3 Å². The topological polar surface area (TPSA) is 80.1 Å². The third kappa shape index (κ3) is 4.50. The van der Waals surface area contributed by atoms with Crippen molar-refractivity contribution < 1.29 is 18.7 Å². The molecule has 2 aliphatic heterocycles. The number of morpholine rings is 1. The molecule has 2 fully saturated rings. The molecule has 0 bridgehead atoms. The summed E-state index contributed by atoms with van der Waals surface area (Å²) in [4.78, 5) is 41.3. The normalized spacial score (nSPS) is 20.1. The lowest BCUT2D eigenvalue weighted by Crippen LogP contribution is -2.43. The van der Waals surface area contributed by atoms with Crippen LogP contribution in [0.2, 0.25) is 0 Å². The fraction of sp³-hybridized carbons (Fsp3) is 0.500. The molecule has 2 saturated heterocycles. The number of piperidine rings is 1. The molecule has 1 unspecified atom stereocenters. The molecule has 2 aromatic rings. The number of benzene rings is 1. The second-order valence-electron chi connectivity index (χ2n) is 7.78. The smallest absolute Gasteiger partial charge is 0.349 e. The maximum Gasteiger partial charge on any atom is 0.349 e. The molecule has 0 radical (unpaired) electrons. The maximum absolute atomic E-state index is 13.0. The molecule has 1 aromatic carbocycles. The Morgan fingerprint density at radius 3 is 2.69 bits per heavy atom.